The highest BCUT2D eigenvalue weighted by molar-refractivity contribution is 7.99. The summed E-state index contributed by atoms with van der Waals surface area (Å²) in [5.41, 5.74) is 0.902. The second-order valence-electron chi connectivity index (χ2n) is 6.58. The Hall–Kier alpha value is -1.89. The normalized spacial score (nSPS) is 14.8. The molecule has 0 unspecified atom stereocenters. The van der Waals surface area contributed by atoms with E-state index in [2.05, 4.69) is 15.2 Å². The minimum absolute atomic E-state index is 0.00327. The molecule has 25 heavy (non-hydrogen) atoms. The van der Waals surface area contributed by atoms with Gasteiger partial charge in [0.25, 0.3) is 0 Å². The summed E-state index contributed by atoms with van der Waals surface area (Å²) < 4.78 is 12.9. The minimum atomic E-state index is -0.272. The fourth-order valence-corrected chi connectivity index (χ4v) is 3.87. The molecule has 5 nitrogen and oxygen atoms in total. The Morgan fingerprint density at radius 1 is 1.32 bits per heavy atom. The molecule has 0 atom stereocenters. The number of hydrogen-bond donors (Lipinski definition) is 1. The Kier molecular flexibility index (Phi) is 6.07. The molecule has 0 aliphatic heterocycles. The lowest BCUT2D eigenvalue weighted by atomic mass is 10.0. The SMILES string of the molecule is CN(Cc1ccc(F)cc1)C(=O)CSc1n[nH]c(CC2CCCC2)n1. The van der Waals surface area contributed by atoms with Gasteiger partial charge < -0.3 is 4.90 Å². The molecule has 0 bridgehead atoms. The Bertz CT molecular complexity index is 697. The van der Waals surface area contributed by atoms with Crippen molar-refractivity contribution in [3.8, 4) is 0 Å². The quantitative estimate of drug-likeness (QED) is 0.767. The van der Waals surface area contributed by atoms with Gasteiger partial charge in [0.15, 0.2) is 0 Å². The van der Waals surface area contributed by atoms with Crippen LogP contribution in [0.4, 0.5) is 4.39 Å². The van der Waals surface area contributed by atoms with Crippen LogP contribution < -0.4 is 0 Å². The van der Waals surface area contributed by atoms with Gasteiger partial charge in [-0.15, -0.1) is 5.10 Å². The molecule has 7 heteroatoms. The van der Waals surface area contributed by atoms with E-state index >= 15 is 0 Å². The first kappa shape index (κ1) is 17.9. The van der Waals surface area contributed by atoms with Crippen molar-refractivity contribution in [3.05, 3.63) is 41.5 Å². The highest BCUT2D eigenvalue weighted by Crippen LogP contribution is 2.27. The van der Waals surface area contributed by atoms with Gasteiger partial charge in [-0.1, -0.05) is 49.6 Å². The zero-order chi connectivity index (χ0) is 17.6. The molecule has 3 rings (SSSR count). The highest BCUT2D eigenvalue weighted by atomic mass is 32.2. The number of nitrogens with one attached hydrogen (secondary N) is 1. The summed E-state index contributed by atoms with van der Waals surface area (Å²) in [5.74, 6) is 1.65. The van der Waals surface area contributed by atoms with Crippen molar-refractivity contribution in [1.82, 2.24) is 20.1 Å². The van der Waals surface area contributed by atoms with Gasteiger partial charge in [0.05, 0.1) is 5.75 Å². The van der Waals surface area contributed by atoms with Gasteiger partial charge in [-0.2, -0.15) is 0 Å². The van der Waals surface area contributed by atoms with Crippen LogP contribution in [0, 0.1) is 11.7 Å². The molecule has 2 aromatic rings. The molecule has 1 aliphatic carbocycles. The summed E-state index contributed by atoms with van der Waals surface area (Å²) in [6, 6.07) is 6.19. The topological polar surface area (TPSA) is 61.9 Å². The van der Waals surface area contributed by atoms with E-state index < -0.39 is 0 Å². The van der Waals surface area contributed by atoms with Crippen LogP contribution in [0.25, 0.3) is 0 Å². The van der Waals surface area contributed by atoms with E-state index in [0.717, 1.165) is 17.8 Å². The van der Waals surface area contributed by atoms with Crippen molar-refractivity contribution in [1.29, 1.82) is 0 Å². The number of aromatic amines is 1. The molecule has 1 heterocycles. The predicted molar refractivity (Wildman–Crippen MR) is 95.6 cm³/mol. The first-order valence-electron chi connectivity index (χ1n) is 8.62. The van der Waals surface area contributed by atoms with Crippen LogP contribution in [0.3, 0.4) is 0 Å². The Balaban J connectivity index is 1.45. The van der Waals surface area contributed by atoms with Crippen LogP contribution in [0.2, 0.25) is 0 Å². The number of thioether (sulfide) groups is 1. The fourth-order valence-electron chi connectivity index (χ4n) is 3.11. The second kappa shape index (κ2) is 8.47. The number of carbonyl (C=O) groups excluding carboxylic acids is 1. The third kappa shape index (κ3) is 5.29. The van der Waals surface area contributed by atoms with E-state index in [4.69, 9.17) is 0 Å². The summed E-state index contributed by atoms with van der Waals surface area (Å²) in [7, 11) is 1.75. The first-order chi connectivity index (χ1) is 12.1. The van der Waals surface area contributed by atoms with Gasteiger partial charge in [-0.05, 0) is 23.6 Å². The second-order valence-corrected chi connectivity index (χ2v) is 7.53. The zero-order valence-corrected chi connectivity index (χ0v) is 15.2. The van der Waals surface area contributed by atoms with Gasteiger partial charge in [0, 0.05) is 20.0 Å². The lowest BCUT2D eigenvalue weighted by molar-refractivity contribution is -0.127. The molecule has 0 spiro atoms. The van der Waals surface area contributed by atoms with E-state index in [0.29, 0.717) is 23.4 Å². The maximum absolute atomic E-state index is 12.9. The van der Waals surface area contributed by atoms with Gasteiger partial charge in [0.2, 0.25) is 11.1 Å². The van der Waals surface area contributed by atoms with Crippen molar-refractivity contribution in [2.24, 2.45) is 5.92 Å². The number of H-pyrrole nitrogens is 1. The molecule has 1 aromatic carbocycles. The number of amides is 1. The lowest BCUT2D eigenvalue weighted by Gasteiger charge is -2.16. The lowest BCUT2D eigenvalue weighted by Crippen LogP contribution is -2.27. The van der Waals surface area contributed by atoms with Gasteiger partial charge >= 0.3 is 0 Å². The first-order valence-corrected chi connectivity index (χ1v) is 9.61. The van der Waals surface area contributed by atoms with E-state index in [-0.39, 0.29) is 11.7 Å². The third-order valence-electron chi connectivity index (χ3n) is 4.55. The number of halogens is 1. The maximum Gasteiger partial charge on any atom is 0.233 e. The van der Waals surface area contributed by atoms with Crippen LogP contribution in [-0.4, -0.2) is 38.8 Å². The van der Waals surface area contributed by atoms with Crippen molar-refractivity contribution >= 4 is 17.7 Å². The molecular formula is C18H23FN4OS. The minimum Gasteiger partial charge on any atom is -0.341 e. The van der Waals surface area contributed by atoms with Crippen LogP contribution in [0.5, 0.6) is 0 Å². The molecule has 0 radical (unpaired) electrons. The number of benzene rings is 1. The Morgan fingerprint density at radius 2 is 2.04 bits per heavy atom. The van der Waals surface area contributed by atoms with Crippen molar-refractivity contribution in [3.63, 3.8) is 0 Å². The van der Waals surface area contributed by atoms with Crippen molar-refractivity contribution in [2.75, 3.05) is 12.8 Å². The molecule has 1 aliphatic rings. The fraction of sp³-hybridized carbons (Fsp3) is 0.500. The molecule has 1 N–H and O–H groups in total. The summed E-state index contributed by atoms with van der Waals surface area (Å²) >= 11 is 1.34. The van der Waals surface area contributed by atoms with Crippen LogP contribution in [0.1, 0.15) is 37.1 Å². The summed E-state index contributed by atoms with van der Waals surface area (Å²) in [6.45, 7) is 0.459. The molecule has 0 saturated heterocycles. The van der Waals surface area contributed by atoms with Gasteiger partial charge in [-0.3, -0.25) is 9.89 Å². The van der Waals surface area contributed by atoms with Gasteiger partial charge in [0.1, 0.15) is 11.6 Å². The van der Waals surface area contributed by atoms with E-state index in [1.807, 2.05) is 0 Å². The molecule has 1 fully saturated rings. The number of aromatic nitrogens is 3. The average molecular weight is 362 g/mol. The zero-order valence-electron chi connectivity index (χ0n) is 14.4. The predicted octanol–water partition coefficient (Wildman–Crippen LogP) is 3.43. The van der Waals surface area contributed by atoms with Crippen LogP contribution in [0.15, 0.2) is 29.4 Å². The van der Waals surface area contributed by atoms with Crippen molar-refractivity contribution < 1.29 is 9.18 Å². The summed E-state index contributed by atoms with van der Waals surface area (Å²) in [6.07, 6.45) is 6.13. The molecular weight excluding hydrogens is 339 g/mol. The molecule has 1 amide bonds. The Labute approximate surface area is 151 Å². The monoisotopic (exact) mass is 362 g/mol. The van der Waals surface area contributed by atoms with Crippen molar-refractivity contribution in [2.45, 2.75) is 43.8 Å². The molecule has 1 aromatic heterocycles. The number of nitrogens with zero attached hydrogens (tertiary/aromatic N) is 3. The highest BCUT2D eigenvalue weighted by Gasteiger charge is 2.18. The largest absolute Gasteiger partial charge is 0.341 e. The van der Waals surface area contributed by atoms with Crippen LogP contribution in [-0.2, 0) is 17.8 Å². The summed E-state index contributed by atoms with van der Waals surface area (Å²) in [5, 5.41) is 7.81. The van der Waals surface area contributed by atoms with Crippen LogP contribution >= 0.6 is 11.8 Å². The van der Waals surface area contributed by atoms with Gasteiger partial charge in [-0.25, -0.2) is 9.37 Å². The molecule has 134 valence electrons. The smallest absolute Gasteiger partial charge is 0.233 e. The average Bonchev–Trinajstić information content (AvgIpc) is 3.27. The van der Waals surface area contributed by atoms with E-state index in [1.54, 1.807) is 24.1 Å². The third-order valence-corrected chi connectivity index (χ3v) is 5.38. The standard InChI is InChI=1S/C18H23FN4OS/c1-23(11-14-6-8-15(19)9-7-14)17(24)12-25-18-20-16(21-22-18)10-13-4-2-3-5-13/h6-9,13H,2-5,10-12H2,1H3,(H,20,21,22). The number of rotatable bonds is 7. The number of hydrogen-bond acceptors (Lipinski definition) is 4. The van der Waals surface area contributed by atoms with E-state index in [1.165, 1.54) is 49.6 Å². The molecule has 1 saturated carbocycles. The Morgan fingerprint density at radius 3 is 2.76 bits per heavy atom. The maximum atomic E-state index is 12.9. The number of carbonyl (C=O) groups is 1. The van der Waals surface area contributed by atoms with E-state index in [9.17, 15) is 9.18 Å². The summed E-state index contributed by atoms with van der Waals surface area (Å²) in [4.78, 5) is 18.4.